The quantitative estimate of drug-likeness (QED) is 0.487. The van der Waals surface area contributed by atoms with Crippen molar-refractivity contribution in [2.45, 2.75) is 38.3 Å². The van der Waals surface area contributed by atoms with Gasteiger partial charge >= 0.3 is 12.1 Å². The van der Waals surface area contributed by atoms with E-state index in [9.17, 15) is 19.5 Å². The van der Waals surface area contributed by atoms with Gasteiger partial charge in [-0.05, 0) is 46.6 Å². The summed E-state index contributed by atoms with van der Waals surface area (Å²) in [6.07, 6.45) is 1.47. The summed E-state index contributed by atoms with van der Waals surface area (Å²) in [5, 5.41) is 14.5. The highest BCUT2D eigenvalue weighted by Gasteiger charge is 2.31. The lowest BCUT2D eigenvalue weighted by molar-refractivity contribution is -0.142. The normalized spacial score (nSPS) is 14.2. The second-order valence-electron chi connectivity index (χ2n) is 8.37. The first-order valence-electron chi connectivity index (χ1n) is 11.0. The summed E-state index contributed by atoms with van der Waals surface area (Å²) in [5.41, 5.74) is 4.46. The molecule has 8 heteroatoms. The van der Waals surface area contributed by atoms with Crippen LogP contribution in [0.25, 0.3) is 11.1 Å². The van der Waals surface area contributed by atoms with E-state index in [-0.39, 0.29) is 18.4 Å². The smallest absolute Gasteiger partial charge is 0.407 e. The van der Waals surface area contributed by atoms with Crippen LogP contribution in [0.15, 0.2) is 48.5 Å². The number of hydrogen-bond acceptors (Lipinski definition) is 5. The van der Waals surface area contributed by atoms with Gasteiger partial charge in [0.05, 0.1) is 0 Å². The topological polar surface area (TPSA) is 105 Å². The van der Waals surface area contributed by atoms with Gasteiger partial charge in [0.1, 0.15) is 18.7 Å². The lowest BCUT2D eigenvalue weighted by Crippen LogP contribution is -2.54. The molecule has 2 atom stereocenters. The number of thioether (sulfide) groups is 1. The van der Waals surface area contributed by atoms with Gasteiger partial charge in [-0.2, -0.15) is 11.8 Å². The molecule has 2 aromatic rings. The summed E-state index contributed by atoms with van der Waals surface area (Å²) in [5.74, 6) is -1.37. The predicted molar refractivity (Wildman–Crippen MR) is 129 cm³/mol. The zero-order valence-electron chi connectivity index (χ0n) is 19.0. The van der Waals surface area contributed by atoms with Crippen molar-refractivity contribution in [1.82, 2.24) is 10.6 Å². The van der Waals surface area contributed by atoms with Gasteiger partial charge < -0.3 is 20.5 Å². The molecule has 2 amide bonds. The van der Waals surface area contributed by atoms with Crippen LogP contribution >= 0.6 is 11.8 Å². The lowest BCUT2D eigenvalue weighted by atomic mass is 9.98. The molecule has 0 heterocycles. The van der Waals surface area contributed by atoms with Gasteiger partial charge in [0.15, 0.2) is 0 Å². The number of carboxylic acid groups (broad SMARTS) is 1. The number of nitrogens with one attached hydrogen (secondary N) is 2. The van der Waals surface area contributed by atoms with Crippen LogP contribution in [0.3, 0.4) is 0 Å². The Morgan fingerprint density at radius 3 is 2.09 bits per heavy atom. The third kappa shape index (κ3) is 5.87. The number of alkyl carbamates (subject to hydrolysis) is 1. The van der Waals surface area contributed by atoms with E-state index < -0.39 is 30.1 Å². The van der Waals surface area contributed by atoms with Gasteiger partial charge in [-0.3, -0.25) is 4.79 Å². The Bertz CT molecular complexity index is 964. The third-order valence-corrected chi connectivity index (χ3v) is 6.44. The fourth-order valence-corrected chi connectivity index (χ4v) is 4.53. The van der Waals surface area contributed by atoms with E-state index >= 15 is 0 Å². The Labute approximate surface area is 198 Å². The van der Waals surface area contributed by atoms with Crippen molar-refractivity contribution in [3.63, 3.8) is 0 Å². The number of benzene rings is 2. The molecule has 3 rings (SSSR count). The van der Waals surface area contributed by atoms with E-state index in [0.29, 0.717) is 12.2 Å². The van der Waals surface area contributed by atoms with Crippen molar-refractivity contribution in [2.75, 3.05) is 18.6 Å². The minimum Gasteiger partial charge on any atom is -0.480 e. The molecule has 1 aliphatic rings. The van der Waals surface area contributed by atoms with E-state index in [1.165, 1.54) is 11.8 Å². The molecule has 3 N–H and O–H groups in total. The molecular formula is C25H30N2O5S. The van der Waals surface area contributed by atoms with Gasteiger partial charge in [-0.25, -0.2) is 9.59 Å². The molecule has 0 aromatic heterocycles. The van der Waals surface area contributed by atoms with E-state index in [1.807, 2.05) is 42.7 Å². The predicted octanol–water partition coefficient (Wildman–Crippen LogP) is 3.87. The van der Waals surface area contributed by atoms with Crippen molar-refractivity contribution in [3.05, 3.63) is 59.7 Å². The Morgan fingerprint density at radius 2 is 1.58 bits per heavy atom. The molecule has 7 nitrogen and oxygen atoms in total. The van der Waals surface area contributed by atoms with E-state index in [4.69, 9.17) is 4.74 Å². The second-order valence-corrected chi connectivity index (χ2v) is 9.36. The largest absolute Gasteiger partial charge is 0.480 e. The van der Waals surface area contributed by atoms with Crippen LogP contribution in [0.1, 0.15) is 37.3 Å². The average Bonchev–Trinajstić information content (AvgIpc) is 3.12. The second kappa shape index (κ2) is 11.2. The van der Waals surface area contributed by atoms with Gasteiger partial charge in [-0.1, -0.05) is 62.4 Å². The highest BCUT2D eigenvalue weighted by molar-refractivity contribution is 7.98. The minimum atomic E-state index is -1.10. The number of carboxylic acids is 1. The third-order valence-electron chi connectivity index (χ3n) is 5.79. The van der Waals surface area contributed by atoms with Crippen LogP contribution in [-0.2, 0) is 14.3 Å². The zero-order chi connectivity index (χ0) is 24.0. The summed E-state index contributed by atoms with van der Waals surface area (Å²) in [6, 6.07) is 14.2. The molecule has 2 aromatic carbocycles. The number of fused-ring (bicyclic) bond motifs is 3. The zero-order valence-corrected chi connectivity index (χ0v) is 19.9. The van der Waals surface area contributed by atoms with Gasteiger partial charge in [-0.15, -0.1) is 0 Å². The SMILES string of the molecule is CSCC[C@@H](NC(=O)C(NC(=O)OCC1c2ccccc2-c2ccccc21)C(C)C)C(=O)O. The Balaban J connectivity index is 1.64. The van der Waals surface area contributed by atoms with Crippen LogP contribution in [-0.4, -0.2) is 53.8 Å². The molecular weight excluding hydrogens is 440 g/mol. The lowest BCUT2D eigenvalue weighted by Gasteiger charge is -2.24. The number of carbonyl (C=O) groups excluding carboxylic acids is 2. The monoisotopic (exact) mass is 470 g/mol. The Kier molecular flexibility index (Phi) is 8.38. The number of carbonyl (C=O) groups is 3. The standard InChI is InChI=1S/C25H30N2O5S/c1-15(2)22(23(28)26-21(24(29)30)12-13-33-3)27-25(31)32-14-20-18-10-6-4-8-16(18)17-9-5-7-11-19(17)20/h4-11,15,20-22H,12-14H2,1-3H3,(H,26,28)(H,27,31)(H,29,30)/t21-,22?/m1/s1. The molecule has 0 aliphatic heterocycles. The fraction of sp³-hybridized carbons (Fsp3) is 0.400. The van der Waals surface area contributed by atoms with Crippen molar-refractivity contribution in [1.29, 1.82) is 0 Å². The van der Waals surface area contributed by atoms with E-state index in [0.717, 1.165) is 22.3 Å². The first-order valence-corrected chi connectivity index (χ1v) is 12.4. The Hall–Kier alpha value is -3.00. The van der Waals surface area contributed by atoms with Crippen molar-refractivity contribution in [2.24, 2.45) is 5.92 Å². The minimum absolute atomic E-state index is 0.0857. The Morgan fingerprint density at radius 1 is 1.00 bits per heavy atom. The molecule has 0 radical (unpaired) electrons. The van der Waals surface area contributed by atoms with Crippen molar-refractivity contribution < 1.29 is 24.2 Å². The van der Waals surface area contributed by atoms with Crippen LogP contribution in [0.4, 0.5) is 4.79 Å². The van der Waals surface area contributed by atoms with Gasteiger partial charge in [0, 0.05) is 5.92 Å². The van der Waals surface area contributed by atoms with E-state index in [2.05, 4.69) is 22.8 Å². The number of aliphatic carboxylic acids is 1. The summed E-state index contributed by atoms with van der Waals surface area (Å²) in [4.78, 5) is 36.8. The highest BCUT2D eigenvalue weighted by atomic mass is 32.2. The van der Waals surface area contributed by atoms with Crippen LogP contribution in [0.2, 0.25) is 0 Å². The summed E-state index contributed by atoms with van der Waals surface area (Å²) < 4.78 is 5.54. The van der Waals surface area contributed by atoms with Crippen LogP contribution in [0, 0.1) is 5.92 Å². The summed E-state index contributed by atoms with van der Waals surface area (Å²) in [7, 11) is 0. The van der Waals surface area contributed by atoms with Crippen LogP contribution in [0.5, 0.6) is 0 Å². The van der Waals surface area contributed by atoms with Crippen molar-refractivity contribution >= 4 is 29.7 Å². The van der Waals surface area contributed by atoms with Gasteiger partial charge in [0.25, 0.3) is 0 Å². The number of ether oxygens (including phenoxy) is 1. The van der Waals surface area contributed by atoms with E-state index in [1.54, 1.807) is 13.8 Å². The molecule has 0 spiro atoms. The maximum Gasteiger partial charge on any atom is 0.407 e. The number of hydrogen-bond donors (Lipinski definition) is 3. The van der Waals surface area contributed by atoms with Crippen LogP contribution < -0.4 is 10.6 Å². The number of amides is 2. The maximum atomic E-state index is 12.7. The maximum absolute atomic E-state index is 12.7. The van der Waals surface area contributed by atoms with Crippen molar-refractivity contribution in [3.8, 4) is 11.1 Å². The molecule has 0 saturated heterocycles. The molecule has 176 valence electrons. The molecule has 1 aliphatic carbocycles. The summed E-state index contributed by atoms with van der Waals surface area (Å²) in [6.45, 7) is 3.70. The molecule has 33 heavy (non-hydrogen) atoms. The first kappa shape index (κ1) is 24.6. The molecule has 0 fully saturated rings. The fourth-order valence-electron chi connectivity index (χ4n) is 4.06. The average molecular weight is 471 g/mol. The molecule has 1 unspecified atom stereocenters. The van der Waals surface area contributed by atoms with Gasteiger partial charge in [0.2, 0.25) is 5.91 Å². The first-order chi connectivity index (χ1) is 15.8. The number of rotatable bonds is 10. The summed E-state index contributed by atoms with van der Waals surface area (Å²) >= 11 is 1.50. The molecule has 0 saturated carbocycles. The molecule has 0 bridgehead atoms. The highest BCUT2D eigenvalue weighted by Crippen LogP contribution is 2.44.